The van der Waals surface area contributed by atoms with E-state index in [1.54, 1.807) is 0 Å². The molecule has 0 N–H and O–H groups in total. The molecule has 0 saturated heterocycles. The van der Waals surface area contributed by atoms with Gasteiger partial charge in [0.15, 0.2) is 0 Å². The van der Waals surface area contributed by atoms with E-state index in [0.29, 0.717) is 0 Å². The lowest BCUT2D eigenvalue weighted by molar-refractivity contribution is 1.05. The molecule has 6 heterocycles. The summed E-state index contributed by atoms with van der Waals surface area (Å²) in [5.74, 6) is 0. The van der Waals surface area contributed by atoms with Crippen LogP contribution in [0.1, 0.15) is 0 Å². The fourth-order valence-electron chi connectivity index (χ4n) is 9.11. The van der Waals surface area contributed by atoms with E-state index < -0.39 is 0 Å². The van der Waals surface area contributed by atoms with Gasteiger partial charge in [-0.3, -0.25) is 0 Å². The molecular formula is C39H18BN3S3. The summed E-state index contributed by atoms with van der Waals surface area (Å²) in [7, 11) is 0. The fraction of sp³-hybridized carbons (Fsp3) is 0. The van der Waals surface area contributed by atoms with Crippen LogP contribution in [-0.2, 0) is 0 Å². The first-order valence-corrected chi connectivity index (χ1v) is 16.7. The zero-order valence-electron chi connectivity index (χ0n) is 24.0. The molecule has 0 bridgehead atoms. The first kappa shape index (κ1) is 24.3. The Balaban J connectivity index is 1.48. The summed E-state index contributed by atoms with van der Waals surface area (Å²) >= 11 is 19.2. The second-order valence-electron chi connectivity index (χ2n) is 12.7. The quantitative estimate of drug-likeness (QED) is 0.0943. The topological polar surface area (TPSA) is 14.8 Å². The molecule has 0 aliphatic carbocycles. The molecule has 0 saturated carbocycles. The van der Waals surface area contributed by atoms with E-state index in [1.165, 1.54) is 65.3 Å². The van der Waals surface area contributed by atoms with Crippen LogP contribution in [0, 0.1) is 13.9 Å². The highest BCUT2D eigenvalue weighted by molar-refractivity contribution is 7.72. The normalized spacial score (nSPS) is 13.4. The molecule has 0 unspecified atom stereocenters. The van der Waals surface area contributed by atoms with Crippen LogP contribution < -0.4 is 16.4 Å². The van der Waals surface area contributed by atoms with Gasteiger partial charge in [-0.25, -0.2) is 0 Å². The fourth-order valence-corrected chi connectivity index (χ4v) is 10.2. The molecule has 0 fully saturated rings. The molecule has 7 heteroatoms. The minimum Gasteiger partial charge on any atom is -0.301 e. The van der Waals surface area contributed by atoms with Crippen LogP contribution in [-0.4, -0.2) is 20.4 Å². The van der Waals surface area contributed by atoms with Gasteiger partial charge in [0.05, 0.1) is 16.6 Å². The van der Waals surface area contributed by atoms with Crippen molar-refractivity contribution in [1.82, 2.24) is 13.7 Å². The third kappa shape index (κ3) is 2.48. The van der Waals surface area contributed by atoms with Gasteiger partial charge in [0, 0.05) is 49.4 Å². The summed E-state index contributed by atoms with van der Waals surface area (Å²) in [4.78, 5) is 0. The number of hydrogen-bond donors (Lipinski definition) is 0. The molecule has 3 aliphatic heterocycles. The van der Waals surface area contributed by atoms with Gasteiger partial charge in [-0.2, -0.15) is 0 Å². The Kier molecular flexibility index (Phi) is 4.16. The predicted molar refractivity (Wildman–Crippen MR) is 200 cm³/mol. The molecule has 0 amide bonds. The molecule has 0 spiro atoms. The van der Waals surface area contributed by atoms with Gasteiger partial charge in [0.2, 0.25) is 0 Å². The summed E-state index contributed by atoms with van der Waals surface area (Å²) in [6.45, 7) is -0.00205. The SMILES string of the molecule is S=c1c2ccccc2c2ccc3c4c2n1-c1ccc2c5ccccc5c(=S)n5c2c1B4c1c-5ccc2c4ccccc4c(=S)n-3c12. The lowest BCUT2D eigenvalue weighted by Crippen LogP contribution is -2.63. The highest BCUT2D eigenvalue weighted by Crippen LogP contribution is 2.41. The van der Waals surface area contributed by atoms with Crippen LogP contribution in [0.15, 0.2) is 109 Å². The van der Waals surface area contributed by atoms with Gasteiger partial charge in [-0.1, -0.05) is 128 Å². The number of fused-ring (bicyclic) bond motifs is 9. The zero-order chi connectivity index (χ0) is 30.2. The van der Waals surface area contributed by atoms with E-state index in [9.17, 15) is 0 Å². The van der Waals surface area contributed by atoms with E-state index >= 15 is 0 Å². The first-order chi connectivity index (χ1) is 22.6. The Morgan fingerprint density at radius 3 is 0.913 bits per heavy atom. The lowest BCUT2D eigenvalue weighted by Gasteiger charge is -2.40. The second-order valence-corrected chi connectivity index (χ2v) is 13.8. The zero-order valence-corrected chi connectivity index (χ0v) is 26.5. The Morgan fingerprint density at radius 2 is 0.609 bits per heavy atom. The van der Waals surface area contributed by atoms with Gasteiger partial charge < -0.3 is 13.7 Å². The van der Waals surface area contributed by atoms with E-state index in [-0.39, 0.29) is 6.71 Å². The number of rotatable bonds is 0. The van der Waals surface area contributed by atoms with Gasteiger partial charge in [-0.05, 0) is 50.7 Å². The summed E-state index contributed by atoms with van der Waals surface area (Å²) in [6.07, 6.45) is 0. The maximum Gasteiger partial charge on any atom is 0.257 e. The Morgan fingerprint density at radius 1 is 0.326 bits per heavy atom. The number of hydrogen-bond acceptors (Lipinski definition) is 3. The van der Waals surface area contributed by atoms with E-state index in [4.69, 9.17) is 36.7 Å². The van der Waals surface area contributed by atoms with E-state index in [2.05, 4.69) is 123 Å². The number of aromatic nitrogens is 3. The Hall–Kier alpha value is -4.95. The molecule has 0 radical (unpaired) electrons. The van der Waals surface area contributed by atoms with E-state index in [1.807, 2.05) is 0 Å². The summed E-state index contributed by atoms with van der Waals surface area (Å²) in [5.41, 5.74) is 10.7. The third-order valence-corrected chi connectivity index (χ3v) is 12.0. The maximum absolute atomic E-state index is 6.40. The molecule has 0 atom stereocenters. The molecule has 3 nitrogen and oxygen atoms in total. The average molecular weight is 636 g/mol. The molecule has 3 aliphatic rings. The van der Waals surface area contributed by atoms with Crippen LogP contribution in [0.25, 0.3) is 82.1 Å². The average Bonchev–Trinajstić information content (AvgIpc) is 3.10. The predicted octanol–water partition coefficient (Wildman–Crippen LogP) is 8.62. The van der Waals surface area contributed by atoms with Crippen molar-refractivity contribution in [1.29, 1.82) is 0 Å². The van der Waals surface area contributed by atoms with Gasteiger partial charge in [-0.15, -0.1) is 0 Å². The first-order valence-electron chi connectivity index (χ1n) is 15.5. The van der Waals surface area contributed by atoms with Crippen molar-refractivity contribution in [3.8, 4) is 17.1 Å². The van der Waals surface area contributed by atoms with Crippen molar-refractivity contribution >= 4 is 125 Å². The lowest BCUT2D eigenvalue weighted by atomic mass is 9.32. The van der Waals surface area contributed by atoms with Crippen LogP contribution in [0.4, 0.5) is 0 Å². The highest BCUT2D eigenvalue weighted by Gasteiger charge is 2.45. The summed E-state index contributed by atoms with van der Waals surface area (Å²) < 4.78 is 9.52. The molecular weight excluding hydrogens is 617 g/mol. The van der Waals surface area contributed by atoms with Crippen LogP contribution in [0.2, 0.25) is 0 Å². The molecule has 3 aromatic heterocycles. The smallest absolute Gasteiger partial charge is 0.257 e. The standard InChI is InChI=1S/C39H18BN3S3/c44-37-25-10-4-1-7-19(25)22-13-16-28-31-34(22)41(37)29-17-14-23-20-8-3-6-12-27(20)39(46)43-30-18-15-24-21-9-2-5-11-26(21)38(45)42(28)36(24)33(30)40(31)32(29)35(23)43/h1-18H. The summed E-state index contributed by atoms with van der Waals surface area (Å²) in [6, 6.07) is 39.4. The van der Waals surface area contributed by atoms with Crippen molar-refractivity contribution in [2.75, 3.05) is 0 Å². The monoisotopic (exact) mass is 635 g/mol. The minimum absolute atomic E-state index is 0.00205. The van der Waals surface area contributed by atoms with Gasteiger partial charge in [0.1, 0.15) is 13.9 Å². The molecule has 9 aromatic rings. The largest absolute Gasteiger partial charge is 0.301 e. The van der Waals surface area contributed by atoms with E-state index in [0.717, 1.165) is 47.1 Å². The highest BCUT2D eigenvalue weighted by atomic mass is 32.1. The minimum atomic E-state index is -0.00205. The van der Waals surface area contributed by atoms with Gasteiger partial charge >= 0.3 is 0 Å². The van der Waals surface area contributed by atoms with Crippen LogP contribution >= 0.6 is 36.7 Å². The second kappa shape index (κ2) is 7.88. The van der Waals surface area contributed by atoms with Crippen LogP contribution in [0.5, 0.6) is 0 Å². The Bertz CT molecular complexity index is 2880. The Labute approximate surface area is 277 Å². The maximum atomic E-state index is 6.40. The molecule has 12 rings (SSSR count). The van der Waals surface area contributed by atoms with Gasteiger partial charge in [0.25, 0.3) is 6.71 Å². The number of nitrogens with zero attached hydrogens (tertiary/aromatic N) is 3. The molecule has 6 aromatic carbocycles. The van der Waals surface area contributed by atoms with Crippen LogP contribution in [0.3, 0.4) is 0 Å². The van der Waals surface area contributed by atoms with Crippen molar-refractivity contribution < 1.29 is 0 Å². The number of pyridine rings is 3. The molecule has 210 valence electrons. The third-order valence-electron chi connectivity index (χ3n) is 10.8. The molecule has 46 heavy (non-hydrogen) atoms. The van der Waals surface area contributed by atoms with Crippen molar-refractivity contribution in [2.45, 2.75) is 0 Å². The summed E-state index contributed by atoms with van der Waals surface area (Å²) in [5, 5.41) is 10.4. The van der Waals surface area contributed by atoms with Crippen molar-refractivity contribution in [3.05, 3.63) is 123 Å². The van der Waals surface area contributed by atoms with Crippen molar-refractivity contribution in [3.63, 3.8) is 0 Å². The number of benzene rings is 6. The van der Waals surface area contributed by atoms with Crippen molar-refractivity contribution in [2.24, 2.45) is 0 Å².